The summed E-state index contributed by atoms with van der Waals surface area (Å²) in [5.41, 5.74) is 7.33. The van der Waals surface area contributed by atoms with Gasteiger partial charge in [-0.2, -0.15) is 0 Å². The lowest BCUT2D eigenvalue weighted by atomic mass is 9.87. The minimum absolute atomic E-state index is 0.0817. The largest absolute Gasteiger partial charge is 0.496 e. The van der Waals surface area contributed by atoms with Crippen LogP contribution in [0.4, 0.5) is 5.69 Å². The highest BCUT2D eigenvalue weighted by Crippen LogP contribution is 2.39. The van der Waals surface area contributed by atoms with E-state index in [-0.39, 0.29) is 5.54 Å². The summed E-state index contributed by atoms with van der Waals surface area (Å²) >= 11 is 0. The smallest absolute Gasteiger partial charge is 0.126 e. The van der Waals surface area contributed by atoms with E-state index in [0.717, 1.165) is 49.4 Å². The van der Waals surface area contributed by atoms with Crippen molar-refractivity contribution >= 4 is 11.3 Å². The van der Waals surface area contributed by atoms with Crippen LogP contribution in [0, 0.1) is 0 Å². The molecule has 0 radical (unpaired) electrons. The molecule has 0 saturated heterocycles. The number of fused-ring (bicyclic) bond motifs is 1. The second-order valence-electron chi connectivity index (χ2n) is 8.93. The second-order valence-corrected chi connectivity index (χ2v) is 8.93. The predicted molar refractivity (Wildman–Crippen MR) is 134 cm³/mol. The first-order valence-electron chi connectivity index (χ1n) is 11.5. The minimum Gasteiger partial charge on any atom is -0.496 e. The van der Waals surface area contributed by atoms with E-state index in [4.69, 9.17) is 9.47 Å². The van der Waals surface area contributed by atoms with Crippen LogP contribution in [0.15, 0.2) is 78.9 Å². The molecule has 0 spiro atoms. The van der Waals surface area contributed by atoms with Crippen molar-refractivity contribution in [3.05, 3.63) is 90.0 Å². The molecule has 3 aromatic rings. The summed E-state index contributed by atoms with van der Waals surface area (Å²) in [4.78, 5) is 0. The van der Waals surface area contributed by atoms with Crippen LogP contribution < -0.4 is 10.1 Å². The van der Waals surface area contributed by atoms with Crippen molar-refractivity contribution in [2.75, 3.05) is 25.6 Å². The Balaban J connectivity index is 1.43. The standard InChI is InChI=1S/C29H33NO2/c1-29(2)21-24(17-19-32-18-9-12-22-10-5-4-6-11-22)26-20-23(15-16-27(26)30-29)25-13-7-8-14-28(25)31-3/h4-8,10-11,13-16,20-21,30H,9,12,17-19H2,1-3H3. The molecule has 1 N–H and O–H groups in total. The fraction of sp³-hybridized carbons (Fsp3) is 0.310. The van der Waals surface area contributed by atoms with Gasteiger partial charge in [0.25, 0.3) is 0 Å². The van der Waals surface area contributed by atoms with Crippen molar-refractivity contribution < 1.29 is 9.47 Å². The third-order valence-electron chi connectivity index (χ3n) is 5.89. The van der Waals surface area contributed by atoms with Crippen LogP contribution in [-0.2, 0) is 11.2 Å². The van der Waals surface area contributed by atoms with Crippen LogP contribution in [-0.4, -0.2) is 25.9 Å². The first kappa shape index (κ1) is 22.2. The van der Waals surface area contributed by atoms with Crippen molar-refractivity contribution in [3.8, 4) is 16.9 Å². The van der Waals surface area contributed by atoms with E-state index in [1.807, 2.05) is 12.1 Å². The second kappa shape index (κ2) is 10.1. The molecule has 0 amide bonds. The molecule has 4 rings (SSSR count). The lowest BCUT2D eigenvalue weighted by Crippen LogP contribution is -2.31. The van der Waals surface area contributed by atoms with Crippen LogP contribution in [0.5, 0.6) is 5.75 Å². The highest BCUT2D eigenvalue weighted by Gasteiger charge is 2.24. The molecule has 32 heavy (non-hydrogen) atoms. The SMILES string of the molecule is COc1ccccc1-c1ccc2c(c1)C(CCOCCCc1ccccc1)=CC(C)(C)N2. The third kappa shape index (κ3) is 5.41. The molecule has 1 aliphatic heterocycles. The van der Waals surface area contributed by atoms with Gasteiger partial charge in [0.15, 0.2) is 0 Å². The van der Waals surface area contributed by atoms with Gasteiger partial charge in [-0.05, 0) is 68.0 Å². The van der Waals surface area contributed by atoms with E-state index in [2.05, 4.69) is 85.9 Å². The first-order chi connectivity index (χ1) is 15.6. The minimum atomic E-state index is -0.0817. The van der Waals surface area contributed by atoms with Gasteiger partial charge in [0.2, 0.25) is 0 Å². The Labute approximate surface area is 192 Å². The molecule has 166 valence electrons. The Bertz CT molecular complexity index is 1070. The van der Waals surface area contributed by atoms with E-state index in [9.17, 15) is 0 Å². The van der Waals surface area contributed by atoms with Gasteiger partial charge >= 0.3 is 0 Å². The van der Waals surface area contributed by atoms with Crippen LogP contribution >= 0.6 is 0 Å². The van der Waals surface area contributed by atoms with Gasteiger partial charge in [-0.3, -0.25) is 0 Å². The molecule has 0 bridgehead atoms. The average molecular weight is 428 g/mol. The Hall–Kier alpha value is -3.04. The van der Waals surface area contributed by atoms with Crippen molar-refractivity contribution in [2.45, 2.75) is 38.6 Å². The molecule has 0 fully saturated rings. The summed E-state index contributed by atoms with van der Waals surface area (Å²) in [5.74, 6) is 0.892. The number of nitrogens with one attached hydrogen (secondary N) is 1. The normalized spacial score (nSPS) is 14.3. The van der Waals surface area contributed by atoms with Gasteiger partial charge in [0, 0.05) is 23.4 Å². The number of para-hydroxylation sites is 1. The number of anilines is 1. The Morgan fingerprint density at radius 1 is 0.812 bits per heavy atom. The first-order valence-corrected chi connectivity index (χ1v) is 11.5. The maximum absolute atomic E-state index is 6.01. The summed E-state index contributed by atoms with van der Waals surface area (Å²) < 4.78 is 11.6. The molecular formula is C29H33NO2. The summed E-state index contributed by atoms with van der Waals surface area (Å²) in [6.07, 6.45) is 5.35. The van der Waals surface area contributed by atoms with E-state index >= 15 is 0 Å². The van der Waals surface area contributed by atoms with Crippen LogP contribution in [0.1, 0.15) is 37.8 Å². The topological polar surface area (TPSA) is 30.5 Å². The Morgan fingerprint density at radius 2 is 1.59 bits per heavy atom. The molecule has 0 saturated carbocycles. The van der Waals surface area contributed by atoms with Gasteiger partial charge in [-0.1, -0.05) is 60.7 Å². The summed E-state index contributed by atoms with van der Waals surface area (Å²) in [5, 5.41) is 3.65. The average Bonchev–Trinajstić information content (AvgIpc) is 2.81. The number of methoxy groups -OCH3 is 1. The number of hydrogen-bond donors (Lipinski definition) is 1. The maximum atomic E-state index is 6.01. The van der Waals surface area contributed by atoms with Crippen LogP contribution in [0.2, 0.25) is 0 Å². The number of benzene rings is 3. The van der Waals surface area contributed by atoms with Gasteiger partial charge in [-0.25, -0.2) is 0 Å². The molecule has 0 unspecified atom stereocenters. The van der Waals surface area contributed by atoms with Crippen LogP contribution in [0.3, 0.4) is 0 Å². The van der Waals surface area contributed by atoms with Crippen molar-refractivity contribution in [3.63, 3.8) is 0 Å². The van der Waals surface area contributed by atoms with E-state index < -0.39 is 0 Å². The van der Waals surface area contributed by atoms with Crippen molar-refractivity contribution in [1.82, 2.24) is 0 Å². The lowest BCUT2D eigenvalue weighted by Gasteiger charge is -2.33. The molecule has 0 aliphatic carbocycles. The Kier molecular flexibility index (Phi) is 6.96. The molecule has 3 aromatic carbocycles. The zero-order valence-electron chi connectivity index (χ0n) is 19.4. The Morgan fingerprint density at radius 3 is 2.41 bits per heavy atom. The summed E-state index contributed by atoms with van der Waals surface area (Å²) in [6.45, 7) is 5.95. The highest BCUT2D eigenvalue weighted by molar-refractivity contribution is 5.85. The molecule has 1 heterocycles. The molecule has 1 aliphatic rings. The third-order valence-corrected chi connectivity index (χ3v) is 5.89. The number of ether oxygens (including phenoxy) is 2. The summed E-state index contributed by atoms with van der Waals surface area (Å²) in [7, 11) is 1.72. The fourth-order valence-electron chi connectivity index (χ4n) is 4.38. The van der Waals surface area contributed by atoms with Crippen molar-refractivity contribution in [1.29, 1.82) is 0 Å². The molecular weight excluding hydrogens is 394 g/mol. The van der Waals surface area contributed by atoms with E-state index in [0.29, 0.717) is 0 Å². The fourth-order valence-corrected chi connectivity index (χ4v) is 4.38. The molecule has 0 atom stereocenters. The van der Waals surface area contributed by atoms with Gasteiger partial charge in [0.1, 0.15) is 5.75 Å². The van der Waals surface area contributed by atoms with Gasteiger partial charge in [-0.15, -0.1) is 0 Å². The monoisotopic (exact) mass is 427 g/mol. The quantitative estimate of drug-likeness (QED) is 0.373. The van der Waals surface area contributed by atoms with Crippen LogP contribution in [0.25, 0.3) is 16.7 Å². The number of aryl methyl sites for hydroxylation is 1. The zero-order valence-corrected chi connectivity index (χ0v) is 19.4. The molecule has 0 aromatic heterocycles. The number of hydrogen-bond acceptors (Lipinski definition) is 3. The maximum Gasteiger partial charge on any atom is 0.126 e. The van der Waals surface area contributed by atoms with E-state index in [1.165, 1.54) is 22.4 Å². The number of rotatable bonds is 9. The van der Waals surface area contributed by atoms with E-state index in [1.54, 1.807) is 7.11 Å². The molecule has 3 heteroatoms. The van der Waals surface area contributed by atoms with Gasteiger partial charge < -0.3 is 14.8 Å². The van der Waals surface area contributed by atoms with Gasteiger partial charge in [0.05, 0.1) is 19.3 Å². The molecule has 3 nitrogen and oxygen atoms in total. The van der Waals surface area contributed by atoms with Crippen molar-refractivity contribution in [2.24, 2.45) is 0 Å². The summed E-state index contributed by atoms with van der Waals surface area (Å²) in [6, 6.07) is 25.4. The predicted octanol–water partition coefficient (Wildman–Crippen LogP) is 6.99. The zero-order chi connectivity index (χ0) is 22.4. The highest BCUT2D eigenvalue weighted by atomic mass is 16.5. The lowest BCUT2D eigenvalue weighted by molar-refractivity contribution is 0.137.